The number of nitrogens with zero attached hydrogens (tertiary/aromatic N) is 1. The van der Waals surface area contributed by atoms with Crippen LogP contribution in [0.15, 0.2) is 30.3 Å². The summed E-state index contributed by atoms with van der Waals surface area (Å²) < 4.78 is 0. The van der Waals surface area contributed by atoms with Gasteiger partial charge in [-0.1, -0.05) is 30.3 Å². The highest BCUT2D eigenvalue weighted by molar-refractivity contribution is 5.19. The Labute approximate surface area is 129 Å². The van der Waals surface area contributed by atoms with Crippen molar-refractivity contribution >= 4 is 0 Å². The number of piperidine rings is 1. The maximum atomic E-state index is 9.74. The van der Waals surface area contributed by atoms with Crippen molar-refractivity contribution in [2.24, 2.45) is 5.92 Å². The first-order valence-electron chi connectivity index (χ1n) is 8.69. The van der Waals surface area contributed by atoms with Gasteiger partial charge in [-0.25, -0.2) is 0 Å². The first-order valence-corrected chi connectivity index (χ1v) is 8.69. The lowest BCUT2D eigenvalue weighted by molar-refractivity contribution is 0.0359. The Morgan fingerprint density at radius 3 is 2.43 bits per heavy atom. The second kappa shape index (κ2) is 6.93. The predicted molar refractivity (Wildman–Crippen MR) is 87.4 cm³/mol. The van der Waals surface area contributed by atoms with Gasteiger partial charge in [0, 0.05) is 19.1 Å². The van der Waals surface area contributed by atoms with Gasteiger partial charge in [0.15, 0.2) is 0 Å². The smallest absolute Gasteiger partial charge is 0.0567 e. The predicted octanol–water partition coefficient (Wildman–Crippen LogP) is 3.81. The molecule has 1 aliphatic heterocycles. The lowest BCUT2D eigenvalue weighted by Crippen LogP contribution is -2.45. The molecule has 1 aliphatic carbocycles. The fourth-order valence-corrected chi connectivity index (χ4v) is 4.20. The summed E-state index contributed by atoms with van der Waals surface area (Å²) in [5.41, 5.74) is 1.53. The fourth-order valence-electron chi connectivity index (χ4n) is 4.20. The maximum absolute atomic E-state index is 9.74. The summed E-state index contributed by atoms with van der Waals surface area (Å²) in [7, 11) is 0. The lowest BCUT2D eigenvalue weighted by atomic mass is 9.78. The van der Waals surface area contributed by atoms with E-state index in [-0.39, 0.29) is 6.10 Å². The van der Waals surface area contributed by atoms with Gasteiger partial charge in [0.25, 0.3) is 0 Å². The van der Waals surface area contributed by atoms with Gasteiger partial charge >= 0.3 is 0 Å². The number of aliphatic hydroxyl groups excluding tert-OH is 1. The van der Waals surface area contributed by atoms with E-state index in [0.717, 1.165) is 31.2 Å². The third-order valence-electron chi connectivity index (χ3n) is 5.60. The molecule has 21 heavy (non-hydrogen) atoms. The number of hydrogen-bond acceptors (Lipinski definition) is 2. The topological polar surface area (TPSA) is 23.5 Å². The number of benzene rings is 1. The molecular formula is C19H29NO. The molecule has 1 saturated heterocycles. The minimum Gasteiger partial charge on any atom is -0.393 e. The molecule has 2 atom stereocenters. The molecule has 1 heterocycles. The molecule has 2 heteroatoms. The van der Waals surface area contributed by atoms with Crippen molar-refractivity contribution in [3.05, 3.63) is 35.9 Å². The molecule has 1 N–H and O–H groups in total. The van der Waals surface area contributed by atoms with Gasteiger partial charge in [-0.05, 0) is 62.8 Å². The average molecular weight is 287 g/mol. The lowest BCUT2D eigenvalue weighted by Gasteiger charge is -2.39. The van der Waals surface area contributed by atoms with E-state index in [1.54, 1.807) is 0 Å². The molecule has 2 nitrogen and oxygen atoms in total. The van der Waals surface area contributed by atoms with Crippen LogP contribution in [0.3, 0.4) is 0 Å². The second-order valence-corrected chi connectivity index (χ2v) is 7.15. The van der Waals surface area contributed by atoms with Crippen LogP contribution in [0, 0.1) is 5.92 Å². The van der Waals surface area contributed by atoms with E-state index < -0.39 is 0 Å². The van der Waals surface area contributed by atoms with Crippen LogP contribution >= 0.6 is 0 Å². The third kappa shape index (κ3) is 3.87. The van der Waals surface area contributed by atoms with E-state index >= 15 is 0 Å². The molecule has 0 amide bonds. The quantitative estimate of drug-likeness (QED) is 0.914. The molecule has 2 unspecified atom stereocenters. The van der Waals surface area contributed by atoms with Crippen molar-refractivity contribution in [3.8, 4) is 0 Å². The largest absolute Gasteiger partial charge is 0.393 e. The van der Waals surface area contributed by atoms with E-state index in [1.165, 1.54) is 37.8 Å². The molecule has 116 valence electrons. The third-order valence-corrected chi connectivity index (χ3v) is 5.60. The van der Waals surface area contributed by atoms with Gasteiger partial charge in [-0.3, -0.25) is 0 Å². The minimum absolute atomic E-state index is 0.0648. The van der Waals surface area contributed by atoms with Gasteiger partial charge in [0.2, 0.25) is 0 Å². The second-order valence-electron chi connectivity index (χ2n) is 7.15. The highest BCUT2D eigenvalue weighted by Gasteiger charge is 2.28. The summed E-state index contributed by atoms with van der Waals surface area (Å²) in [6.45, 7) is 4.61. The fraction of sp³-hybridized carbons (Fsp3) is 0.684. The van der Waals surface area contributed by atoms with Crippen molar-refractivity contribution in [3.63, 3.8) is 0 Å². The summed E-state index contributed by atoms with van der Waals surface area (Å²) >= 11 is 0. The van der Waals surface area contributed by atoms with Gasteiger partial charge < -0.3 is 10.0 Å². The van der Waals surface area contributed by atoms with E-state index in [2.05, 4.69) is 42.2 Å². The molecule has 0 bridgehead atoms. The van der Waals surface area contributed by atoms with E-state index in [9.17, 15) is 5.11 Å². The number of rotatable bonds is 3. The SMILES string of the molecule is CC1CC(O)CCN1CC1CCC(c2ccccc2)CC1. The normalized spacial score (nSPS) is 34.8. The molecule has 0 spiro atoms. The highest BCUT2D eigenvalue weighted by Crippen LogP contribution is 2.36. The molecule has 2 fully saturated rings. The zero-order valence-corrected chi connectivity index (χ0v) is 13.2. The number of aliphatic hydroxyl groups is 1. The summed E-state index contributed by atoms with van der Waals surface area (Å²) in [6, 6.07) is 11.6. The van der Waals surface area contributed by atoms with Crippen LogP contribution < -0.4 is 0 Å². The van der Waals surface area contributed by atoms with Crippen molar-refractivity contribution in [1.82, 2.24) is 4.90 Å². The van der Waals surface area contributed by atoms with Crippen LogP contribution in [0.1, 0.15) is 56.9 Å². The van der Waals surface area contributed by atoms with Crippen LogP contribution in [-0.4, -0.2) is 35.2 Å². The zero-order chi connectivity index (χ0) is 14.7. The van der Waals surface area contributed by atoms with E-state index in [1.807, 2.05) is 0 Å². The van der Waals surface area contributed by atoms with Crippen LogP contribution in [0.4, 0.5) is 0 Å². The van der Waals surface area contributed by atoms with Crippen molar-refractivity contribution in [1.29, 1.82) is 0 Å². The zero-order valence-electron chi connectivity index (χ0n) is 13.2. The Morgan fingerprint density at radius 2 is 1.76 bits per heavy atom. The Kier molecular flexibility index (Phi) is 4.97. The van der Waals surface area contributed by atoms with Crippen molar-refractivity contribution in [2.75, 3.05) is 13.1 Å². The monoisotopic (exact) mass is 287 g/mol. The van der Waals surface area contributed by atoms with Gasteiger partial charge in [0.05, 0.1) is 6.10 Å². The minimum atomic E-state index is -0.0648. The molecule has 0 radical (unpaired) electrons. The Morgan fingerprint density at radius 1 is 1.05 bits per heavy atom. The molecule has 0 aromatic heterocycles. The van der Waals surface area contributed by atoms with Crippen molar-refractivity contribution in [2.45, 2.75) is 63.5 Å². The van der Waals surface area contributed by atoms with Gasteiger partial charge in [-0.15, -0.1) is 0 Å². The van der Waals surface area contributed by atoms with Crippen molar-refractivity contribution < 1.29 is 5.11 Å². The number of likely N-dealkylation sites (tertiary alicyclic amines) is 1. The van der Waals surface area contributed by atoms with E-state index in [4.69, 9.17) is 0 Å². The number of hydrogen-bond donors (Lipinski definition) is 1. The molecule has 2 aliphatic rings. The summed E-state index contributed by atoms with van der Waals surface area (Å²) in [5, 5.41) is 9.74. The maximum Gasteiger partial charge on any atom is 0.0567 e. The standard InChI is InChI=1S/C19H29NO/c1-15-13-19(21)11-12-20(15)14-16-7-9-18(10-8-16)17-5-3-2-4-6-17/h2-6,15-16,18-19,21H,7-14H2,1H3. The Bertz CT molecular complexity index is 424. The molecule has 1 aromatic carbocycles. The average Bonchev–Trinajstić information content (AvgIpc) is 2.52. The first kappa shape index (κ1) is 15.1. The summed E-state index contributed by atoms with van der Waals surface area (Å²) in [4.78, 5) is 2.61. The van der Waals surface area contributed by atoms with Gasteiger partial charge in [0.1, 0.15) is 0 Å². The van der Waals surface area contributed by atoms with Gasteiger partial charge in [-0.2, -0.15) is 0 Å². The molecule has 1 aromatic rings. The van der Waals surface area contributed by atoms with Crippen LogP contribution in [0.2, 0.25) is 0 Å². The Hall–Kier alpha value is -0.860. The van der Waals surface area contributed by atoms with Crippen LogP contribution in [0.25, 0.3) is 0 Å². The molecular weight excluding hydrogens is 258 g/mol. The van der Waals surface area contributed by atoms with Crippen LogP contribution in [0.5, 0.6) is 0 Å². The highest BCUT2D eigenvalue weighted by atomic mass is 16.3. The molecule has 3 rings (SSSR count). The summed E-state index contributed by atoms with van der Waals surface area (Å²) in [5.74, 6) is 1.64. The summed E-state index contributed by atoms with van der Waals surface area (Å²) in [6.07, 6.45) is 7.28. The van der Waals surface area contributed by atoms with E-state index in [0.29, 0.717) is 6.04 Å². The molecule has 1 saturated carbocycles. The Balaban J connectivity index is 1.48. The first-order chi connectivity index (χ1) is 10.2. The van der Waals surface area contributed by atoms with Crippen LogP contribution in [-0.2, 0) is 0 Å².